The molecular weight excluding hydrogens is 312 g/mol. The third-order valence-electron chi connectivity index (χ3n) is 3.05. The number of pyridine rings is 1. The van der Waals surface area contributed by atoms with Crippen LogP contribution < -0.4 is 21.2 Å². The Bertz CT molecular complexity index is 784. The molecule has 1 aromatic carbocycles. The van der Waals surface area contributed by atoms with Crippen molar-refractivity contribution in [3.63, 3.8) is 0 Å². The summed E-state index contributed by atoms with van der Waals surface area (Å²) in [5, 5.41) is 15.8. The molecule has 0 spiro atoms. The van der Waals surface area contributed by atoms with E-state index in [1.54, 1.807) is 0 Å². The Morgan fingerprint density at radius 3 is 2.61 bits per heavy atom. The molecule has 0 saturated heterocycles. The van der Waals surface area contributed by atoms with Gasteiger partial charge in [-0.2, -0.15) is 4.57 Å². The Labute approximate surface area is 137 Å². The number of anilines is 1. The lowest BCUT2D eigenvalue weighted by atomic mass is 10.3. The van der Waals surface area contributed by atoms with E-state index in [9.17, 15) is 0 Å². The summed E-state index contributed by atoms with van der Waals surface area (Å²) >= 11 is 4.94. The number of benzene rings is 1. The summed E-state index contributed by atoms with van der Waals surface area (Å²) in [7, 11) is 0. The first-order chi connectivity index (χ1) is 11.2. The normalized spacial score (nSPS) is 10.3. The maximum absolute atomic E-state index is 5.22. The Morgan fingerprint density at radius 2 is 1.91 bits per heavy atom. The highest BCUT2D eigenvalue weighted by molar-refractivity contribution is 7.80. The van der Waals surface area contributed by atoms with Crippen molar-refractivity contribution in [3.05, 3.63) is 60.7 Å². The summed E-state index contributed by atoms with van der Waals surface area (Å²) in [6, 6.07) is 13.4. The fraction of sp³-hybridized carbons (Fsp3) is 0.0714. The average molecular weight is 327 g/mol. The van der Waals surface area contributed by atoms with Gasteiger partial charge in [0.1, 0.15) is 0 Å². The topological polar surface area (TPSA) is 97.6 Å². The molecule has 0 fully saturated rings. The van der Waals surface area contributed by atoms with Gasteiger partial charge in [0.25, 0.3) is 0 Å². The van der Waals surface area contributed by atoms with Crippen molar-refractivity contribution in [2.75, 3.05) is 5.32 Å². The molecule has 2 aromatic heterocycles. The number of nitrogens with two attached hydrogens (primary N) is 1. The minimum absolute atomic E-state index is 0.357. The maximum atomic E-state index is 5.22. The molecule has 0 aliphatic heterocycles. The van der Waals surface area contributed by atoms with Crippen molar-refractivity contribution >= 4 is 23.0 Å². The highest BCUT2D eigenvalue weighted by Crippen LogP contribution is 2.04. The molecule has 0 saturated carbocycles. The molecule has 0 aliphatic carbocycles. The minimum atomic E-state index is 0.357. The SMILES string of the molecule is NNC(=S)Nc1cc[n+](Cc2nnn(-c3ccccc3)n2)cc1. The average Bonchev–Trinajstić information content (AvgIpc) is 3.06. The summed E-state index contributed by atoms with van der Waals surface area (Å²) in [4.78, 5) is 1.51. The van der Waals surface area contributed by atoms with Crippen LogP contribution in [0.3, 0.4) is 0 Å². The zero-order valence-electron chi connectivity index (χ0n) is 12.1. The van der Waals surface area contributed by atoms with Gasteiger partial charge in [0, 0.05) is 12.1 Å². The molecule has 0 radical (unpaired) electrons. The minimum Gasteiger partial charge on any atom is -0.331 e. The van der Waals surface area contributed by atoms with E-state index in [4.69, 9.17) is 18.1 Å². The number of hydrazine groups is 1. The lowest BCUT2D eigenvalue weighted by Gasteiger charge is -2.04. The van der Waals surface area contributed by atoms with Gasteiger partial charge in [0.15, 0.2) is 17.5 Å². The molecule has 0 bridgehead atoms. The third kappa shape index (κ3) is 3.84. The van der Waals surface area contributed by atoms with Crippen molar-refractivity contribution in [1.29, 1.82) is 0 Å². The van der Waals surface area contributed by atoms with Gasteiger partial charge in [-0.3, -0.25) is 0 Å². The van der Waals surface area contributed by atoms with Gasteiger partial charge in [0.2, 0.25) is 12.4 Å². The lowest BCUT2D eigenvalue weighted by molar-refractivity contribution is -0.689. The summed E-state index contributed by atoms with van der Waals surface area (Å²) in [5.41, 5.74) is 4.08. The standard InChI is InChI=1S/C14H14N8S/c15-17-14(23)16-11-6-8-21(9-7-11)10-13-18-20-22(19-13)12-4-2-1-3-5-12/h1-9H,10H2,(H3,15,17,18,19,20,23)/p+1. The molecule has 9 heteroatoms. The molecule has 8 nitrogen and oxygen atoms in total. The van der Waals surface area contributed by atoms with Gasteiger partial charge in [-0.25, -0.2) is 5.84 Å². The fourth-order valence-electron chi connectivity index (χ4n) is 1.95. The number of tetrazole rings is 1. The first-order valence-electron chi connectivity index (χ1n) is 6.85. The van der Waals surface area contributed by atoms with Crippen molar-refractivity contribution in [2.24, 2.45) is 5.84 Å². The molecular formula is C14H15N8S+. The van der Waals surface area contributed by atoms with Gasteiger partial charge in [-0.15, -0.1) is 15.0 Å². The van der Waals surface area contributed by atoms with Crippen LogP contribution in [-0.2, 0) is 6.54 Å². The van der Waals surface area contributed by atoms with Crippen LogP contribution in [0.5, 0.6) is 0 Å². The molecule has 0 aliphatic rings. The molecule has 2 heterocycles. The van der Waals surface area contributed by atoms with Gasteiger partial charge in [0.05, 0.1) is 11.4 Å². The summed E-state index contributed by atoms with van der Waals surface area (Å²) < 4.78 is 1.94. The van der Waals surface area contributed by atoms with Gasteiger partial charge < -0.3 is 10.7 Å². The van der Waals surface area contributed by atoms with Gasteiger partial charge in [-0.1, -0.05) is 18.2 Å². The number of rotatable bonds is 4. The number of nitrogens with zero attached hydrogens (tertiary/aromatic N) is 5. The van der Waals surface area contributed by atoms with Crippen LogP contribution in [0.4, 0.5) is 5.69 Å². The monoisotopic (exact) mass is 327 g/mol. The van der Waals surface area contributed by atoms with Crippen molar-refractivity contribution in [3.8, 4) is 5.69 Å². The summed E-state index contributed by atoms with van der Waals surface area (Å²) in [6.45, 7) is 0.521. The maximum Gasteiger partial charge on any atom is 0.239 e. The van der Waals surface area contributed by atoms with E-state index in [0.29, 0.717) is 17.5 Å². The van der Waals surface area contributed by atoms with Crippen molar-refractivity contribution < 1.29 is 4.57 Å². The quantitative estimate of drug-likeness (QED) is 0.272. The van der Waals surface area contributed by atoms with E-state index in [1.807, 2.05) is 59.4 Å². The Hall–Kier alpha value is -2.91. The van der Waals surface area contributed by atoms with E-state index < -0.39 is 0 Å². The van der Waals surface area contributed by atoms with E-state index in [-0.39, 0.29) is 0 Å². The smallest absolute Gasteiger partial charge is 0.239 e. The molecule has 0 unspecified atom stereocenters. The van der Waals surface area contributed by atoms with Crippen LogP contribution in [0, 0.1) is 0 Å². The molecule has 23 heavy (non-hydrogen) atoms. The fourth-order valence-corrected chi connectivity index (χ4v) is 2.07. The molecule has 116 valence electrons. The molecule has 0 amide bonds. The highest BCUT2D eigenvalue weighted by atomic mass is 32.1. The van der Waals surface area contributed by atoms with Crippen molar-refractivity contribution in [1.82, 2.24) is 25.6 Å². The second-order valence-corrected chi connectivity index (χ2v) is 5.10. The Morgan fingerprint density at radius 1 is 1.17 bits per heavy atom. The van der Waals surface area contributed by atoms with Gasteiger partial charge >= 0.3 is 0 Å². The van der Waals surface area contributed by atoms with E-state index in [2.05, 4.69) is 26.2 Å². The van der Waals surface area contributed by atoms with Crippen LogP contribution in [0.1, 0.15) is 5.82 Å². The zero-order chi connectivity index (χ0) is 16.1. The number of thiocarbonyl (C=S) groups is 1. The second-order valence-electron chi connectivity index (χ2n) is 4.69. The predicted octanol–water partition coefficient (Wildman–Crippen LogP) is 0.158. The van der Waals surface area contributed by atoms with E-state index in [0.717, 1.165) is 11.4 Å². The Balaban J connectivity index is 1.68. The van der Waals surface area contributed by atoms with Crippen LogP contribution in [0.15, 0.2) is 54.9 Å². The highest BCUT2D eigenvalue weighted by Gasteiger charge is 2.10. The lowest BCUT2D eigenvalue weighted by Crippen LogP contribution is -2.36. The number of hydrogen-bond acceptors (Lipinski definition) is 5. The predicted molar refractivity (Wildman–Crippen MR) is 88.4 cm³/mol. The van der Waals surface area contributed by atoms with Crippen LogP contribution in [-0.4, -0.2) is 25.3 Å². The molecule has 4 N–H and O–H groups in total. The molecule has 0 atom stereocenters. The zero-order valence-corrected chi connectivity index (χ0v) is 12.9. The second kappa shape index (κ2) is 6.90. The number of aromatic nitrogens is 5. The van der Waals surface area contributed by atoms with Crippen molar-refractivity contribution in [2.45, 2.75) is 6.54 Å². The first kappa shape index (κ1) is 15.0. The number of hydrogen-bond donors (Lipinski definition) is 3. The van der Waals surface area contributed by atoms with Gasteiger partial charge in [-0.05, 0) is 29.6 Å². The summed E-state index contributed by atoms with van der Waals surface area (Å²) in [5.74, 6) is 5.84. The summed E-state index contributed by atoms with van der Waals surface area (Å²) in [6.07, 6.45) is 3.79. The van der Waals surface area contributed by atoms with Crippen LogP contribution >= 0.6 is 12.2 Å². The van der Waals surface area contributed by atoms with Crippen LogP contribution in [0.2, 0.25) is 0 Å². The Kier molecular flexibility index (Phi) is 4.50. The molecule has 3 aromatic rings. The van der Waals surface area contributed by atoms with Crippen LogP contribution in [0.25, 0.3) is 5.69 Å². The number of nitrogens with one attached hydrogen (secondary N) is 2. The van der Waals surface area contributed by atoms with E-state index in [1.165, 1.54) is 4.80 Å². The largest absolute Gasteiger partial charge is 0.331 e. The third-order valence-corrected chi connectivity index (χ3v) is 3.27. The van der Waals surface area contributed by atoms with E-state index >= 15 is 0 Å². The first-order valence-corrected chi connectivity index (χ1v) is 7.26. The number of para-hydroxylation sites is 1. The molecule has 3 rings (SSSR count).